The van der Waals surface area contributed by atoms with E-state index in [1.807, 2.05) is 14.0 Å². The number of aromatic nitrogens is 2. The van der Waals surface area contributed by atoms with Gasteiger partial charge in [0.2, 0.25) is 0 Å². The van der Waals surface area contributed by atoms with Gasteiger partial charge in [-0.3, -0.25) is 4.79 Å². The van der Waals surface area contributed by atoms with Gasteiger partial charge in [-0.2, -0.15) is 0 Å². The lowest BCUT2D eigenvalue weighted by atomic mass is 10.1. The van der Waals surface area contributed by atoms with Gasteiger partial charge in [0.05, 0.1) is 6.33 Å². The van der Waals surface area contributed by atoms with E-state index in [1.54, 1.807) is 17.1 Å². The summed E-state index contributed by atoms with van der Waals surface area (Å²) < 4.78 is 1.76. The van der Waals surface area contributed by atoms with Crippen molar-refractivity contribution in [3.05, 3.63) is 18.2 Å². The van der Waals surface area contributed by atoms with Crippen LogP contribution in [-0.2, 0) is 7.05 Å². The minimum Gasteiger partial charge on any atom is -0.348 e. The average Bonchev–Trinajstić information content (AvgIpc) is 2.63. The van der Waals surface area contributed by atoms with Gasteiger partial charge in [-0.15, -0.1) is 0 Å². The van der Waals surface area contributed by atoms with Gasteiger partial charge in [0, 0.05) is 24.6 Å². The van der Waals surface area contributed by atoms with Gasteiger partial charge in [0.25, 0.3) is 5.91 Å². The molecule has 0 aliphatic heterocycles. The van der Waals surface area contributed by atoms with Gasteiger partial charge in [-0.25, -0.2) is 4.98 Å². The van der Waals surface area contributed by atoms with Crippen molar-refractivity contribution in [1.82, 2.24) is 14.9 Å². The largest absolute Gasteiger partial charge is 0.348 e. The summed E-state index contributed by atoms with van der Waals surface area (Å²) in [7, 11) is 1.84. The van der Waals surface area contributed by atoms with Gasteiger partial charge < -0.3 is 9.88 Å². The van der Waals surface area contributed by atoms with Crippen molar-refractivity contribution in [2.45, 2.75) is 19.9 Å². The third-order valence-corrected chi connectivity index (χ3v) is 3.41. The maximum Gasteiger partial charge on any atom is 0.271 e. The van der Waals surface area contributed by atoms with Gasteiger partial charge in [-0.1, -0.05) is 22.9 Å². The average molecular weight is 274 g/mol. The molecule has 2 unspecified atom stereocenters. The van der Waals surface area contributed by atoms with Gasteiger partial charge >= 0.3 is 0 Å². The van der Waals surface area contributed by atoms with E-state index in [4.69, 9.17) is 0 Å². The van der Waals surface area contributed by atoms with E-state index in [-0.39, 0.29) is 11.9 Å². The number of hydrogen-bond acceptors (Lipinski definition) is 2. The molecule has 4 nitrogen and oxygen atoms in total. The van der Waals surface area contributed by atoms with Crippen LogP contribution in [0.2, 0.25) is 0 Å². The number of imidazole rings is 1. The molecule has 0 bridgehead atoms. The molecule has 0 spiro atoms. The summed E-state index contributed by atoms with van der Waals surface area (Å²) in [6.07, 6.45) is 3.33. The number of nitrogens with zero attached hydrogens (tertiary/aromatic N) is 2. The first-order valence-electron chi connectivity index (χ1n) is 4.89. The van der Waals surface area contributed by atoms with E-state index in [0.29, 0.717) is 11.6 Å². The van der Waals surface area contributed by atoms with Crippen LogP contribution in [0.3, 0.4) is 0 Å². The SMILES string of the molecule is CC(CBr)C(C)NC(=O)c1cn(C)cn1. The summed E-state index contributed by atoms with van der Waals surface area (Å²) in [6, 6.07) is 0.138. The van der Waals surface area contributed by atoms with Crippen LogP contribution in [-0.4, -0.2) is 26.8 Å². The Kier molecular flexibility index (Phi) is 4.32. The molecule has 0 saturated heterocycles. The van der Waals surface area contributed by atoms with Crippen molar-refractivity contribution in [2.75, 3.05) is 5.33 Å². The molecule has 1 amide bonds. The summed E-state index contributed by atoms with van der Waals surface area (Å²) in [5, 5.41) is 3.79. The Balaban J connectivity index is 2.56. The van der Waals surface area contributed by atoms with Crippen molar-refractivity contribution < 1.29 is 4.79 Å². The van der Waals surface area contributed by atoms with E-state index < -0.39 is 0 Å². The van der Waals surface area contributed by atoms with Gasteiger partial charge in [-0.05, 0) is 12.8 Å². The minimum absolute atomic E-state index is 0.115. The molecule has 0 aromatic carbocycles. The predicted molar refractivity (Wildman–Crippen MR) is 63.1 cm³/mol. The standard InChI is InChI=1S/C10H16BrN3O/c1-7(4-11)8(2)13-10(15)9-5-14(3)6-12-9/h5-8H,4H2,1-3H3,(H,13,15). The molecule has 1 heterocycles. The molecular formula is C10H16BrN3O. The number of hydrogen-bond donors (Lipinski definition) is 1. The quantitative estimate of drug-likeness (QED) is 0.847. The van der Waals surface area contributed by atoms with Crippen molar-refractivity contribution in [1.29, 1.82) is 0 Å². The number of nitrogens with one attached hydrogen (secondary N) is 1. The zero-order valence-corrected chi connectivity index (χ0v) is 10.8. The topological polar surface area (TPSA) is 46.9 Å². The molecule has 0 aliphatic carbocycles. The molecule has 1 aromatic rings. The lowest BCUT2D eigenvalue weighted by molar-refractivity contribution is 0.0926. The van der Waals surface area contributed by atoms with Crippen LogP contribution in [0.15, 0.2) is 12.5 Å². The van der Waals surface area contributed by atoms with E-state index >= 15 is 0 Å². The van der Waals surface area contributed by atoms with Crippen LogP contribution < -0.4 is 5.32 Å². The lowest BCUT2D eigenvalue weighted by Crippen LogP contribution is -2.37. The number of aryl methyl sites for hydroxylation is 1. The fourth-order valence-corrected chi connectivity index (χ4v) is 1.65. The fourth-order valence-electron chi connectivity index (χ4n) is 1.09. The highest BCUT2D eigenvalue weighted by Crippen LogP contribution is 2.06. The zero-order chi connectivity index (χ0) is 11.4. The molecule has 0 aliphatic rings. The van der Waals surface area contributed by atoms with Crippen molar-refractivity contribution >= 4 is 21.8 Å². The molecule has 2 atom stereocenters. The Morgan fingerprint density at radius 1 is 1.67 bits per heavy atom. The number of amides is 1. The molecule has 15 heavy (non-hydrogen) atoms. The maximum absolute atomic E-state index is 11.7. The van der Waals surface area contributed by atoms with Gasteiger partial charge in [0.15, 0.2) is 0 Å². The van der Waals surface area contributed by atoms with Crippen LogP contribution in [0.4, 0.5) is 0 Å². The van der Waals surface area contributed by atoms with Crippen molar-refractivity contribution in [3.63, 3.8) is 0 Å². The van der Waals surface area contributed by atoms with Crippen LogP contribution in [0, 0.1) is 5.92 Å². The molecule has 1 rings (SSSR count). The Morgan fingerprint density at radius 2 is 2.33 bits per heavy atom. The van der Waals surface area contributed by atoms with Gasteiger partial charge in [0.1, 0.15) is 5.69 Å². The molecule has 1 aromatic heterocycles. The van der Waals surface area contributed by atoms with Crippen molar-refractivity contribution in [2.24, 2.45) is 13.0 Å². The number of carbonyl (C=O) groups excluding carboxylic acids is 1. The summed E-state index contributed by atoms with van der Waals surface area (Å²) in [4.78, 5) is 15.7. The van der Waals surface area contributed by atoms with Crippen LogP contribution in [0.5, 0.6) is 0 Å². The zero-order valence-electron chi connectivity index (χ0n) is 9.20. The summed E-state index contributed by atoms with van der Waals surface area (Å²) >= 11 is 3.39. The number of carbonyl (C=O) groups is 1. The molecular weight excluding hydrogens is 258 g/mol. The van der Waals surface area contributed by atoms with E-state index in [0.717, 1.165) is 5.33 Å². The Bertz CT molecular complexity index is 337. The van der Waals surface area contributed by atoms with E-state index in [9.17, 15) is 4.79 Å². The van der Waals surface area contributed by atoms with Crippen LogP contribution in [0.25, 0.3) is 0 Å². The summed E-state index contributed by atoms with van der Waals surface area (Å²) in [5.74, 6) is 0.286. The minimum atomic E-state index is -0.115. The van der Waals surface area contributed by atoms with Crippen molar-refractivity contribution in [3.8, 4) is 0 Å². The molecule has 0 saturated carbocycles. The number of alkyl halides is 1. The lowest BCUT2D eigenvalue weighted by Gasteiger charge is -2.18. The Morgan fingerprint density at radius 3 is 2.80 bits per heavy atom. The first-order valence-corrected chi connectivity index (χ1v) is 6.01. The summed E-state index contributed by atoms with van der Waals surface area (Å²) in [6.45, 7) is 4.07. The smallest absolute Gasteiger partial charge is 0.271 e. The first kappa shape index (κ1) is 12.2. The highest BCUT2D eigenvalue weighted by molar-refractivity contribution is 9.09. The summed E-state index contributed by atoms with van der Waals surface area (Å²) in [5.41, 5.74) is 0.464. The second-order valence-electron chi connectivity index (χ2n) is 3.82. The fraction of sp³-hybridized carbons (Fsp3) is 0.600. The third-order valence-electron chi connectivity index (χ3n) is 2.39. The van der Waals surface area contributed by atoms with E-state index in [1.165, 1.54) is 0 Å². The van der Waals surface area contributed by atoms with Crippen LogP contribution in [0.1, 0.15) is 24.3 Å². The third kappa shape index (κ3) is 3.34. The monoisotopic (exact) mass is 273 g/mol. The maximum atomic E-state index is 11.7. The predicted octanol–water partition coefficient (Wildman–Crippen LogP) is 1.57. The van der Waals surface area contributed by atoms with Crippen LogP contribution >= 0.6 is 15.9 Å². The highest BCUT2D eigenvalue weighted by Gasteiger charge is 2.15. The molecule has 5 heteroatoms. The molecule has 0 radical (unpaired) electrons. The number of halogens is 1. The molecule has 1 N–H and O–H groups in total. The Labute approximate surface area is 98.2 Å². The number of rotatable bonds is 4. The molecule has 0 fully saturated rings. The highest BCUT2D eigenvalue weighted by atomic mass is 79.9. The molecule has 84 valence electrons. The van der Waals surface area contributed by atoms with E-state index in [2.05, 4.69) is 33.2 Å². The second-order valence-corrected chi connectivity index (χ2v) is 4.47. The second kappa shape index (κ2) is 5.30. The Hall–Kier alpha value is -0.840. The normalized spacial score (nSPS) is 14.7. The first-order chi connectivity index (χ1) is 7.04.